The SMILES string of the molecule is CCc1cc(COc2ccc([N+](=O)[O-])cc2C=O)n(C)n1. The summed E-state index contributed by atoms with van der Waals surface area (Å²) in [6.07, 6.45) is 1.37. The standard InChI is InChI=1S/C14H15N3O4/c1-3-11-7-13(16(2)15-11)9-21-14-5-4-12(17(19)20)6-10(14)8-18/h4-8H,3,9H2,1-2H3. The van der Waals surface area contributed by atoms with Gasteiger partial charge >= 0.3 is 0 Å². The van der Waals surface area contributed by atoms with Crippen LogP contribution in [0.1, 0.15) is 28.7 Å². The minimum atomic E-state index is -0.550. The summed E-state index contributed by atoms with van der Waals surface area (Å²) in [5.41, 5.74) is 1.83. The number of rotatable bonds is 6. The van der Waals surface area contributed by atoms with Crippen LogP contribution in [0.2, 0.25) is 0 Å². The van der Waals surface area contributed by atoms with Crippen molar-refractivity contribution in [3.63, 3.8) is 0 Å². The molecule has 110 valence electrons. The van der Waals surface area contributed by atoms with Crippen LogP contribution in [0, 0.1) is 10.1 Å². The molecule has 0 spiro atoms. The number of non-ortho nitro benzene ring substituents is 1. The molecule has 1 heterocycles. The van der Waals surface area contributed by atoms with E-state index < -0.39 is 4.92 Å². The van der Waals surface area contributed by atoms with Crippen LogP contribution in [0.5, 0.6) is 5.75 Å². The Kier molecular flexibility index (Phi) is 4.32. The van der Waals surface area contributed by atoms with Gasteiger partial charge in [-0.2, -0.15) is 5.10 Å². The third-order valence-corrected chi connectivity index (χ3v) is 3.10. The Hall–Kier alpha value is -2.70. The number of nitro benzene ring substituents is 1. The molecule has 0 N–H and O–H groups in total. The predicted molar refractivity (Wildman–Crippen MR) is 75.4 cm³/mol. The highest BCUT2D eigenvalue weighted by atomic mass is 16.6. The Morgan fingerprint density at radius 2 is 2.19 bits per heavy atom. The highest BCUT2D eigenvalue weighted by molar-refractivity contribution is 5.80. The van der Waals surface area contributed by atoms with E-state index in [1.54, 1.807) is 4.68 Å². The number of nitrogens with zero attached hydrogens (tertiary/aromatic N) is 3. The number of benzene rings is 1. The number of nitro groups is 1. The first-order valence-electron chi connectivity index (χ1n) is 6.43. The van der Waals surface area contributed by atoms with Crippen LogP contribution in [-0.2, 0) is 20.1 Å². The maximum Gasteiger partial charge on any atom is 0.270 e. The highest BCUT2D eigenvalue weighted by Gasteiger charge is 2.12. The van der Waals surface area contributed by atoms with Crippen LogP contribution < -0.4 is 4.74 Å². The largest absolute Gasteiger partial charge is 0.487 e. The summed E-state index contributed by atoms with van der Waals surface area (Å²) in [4.78, 5) is 21.1. The fourth-order valence-electron chi connectivity index (χ4n) is 1.90. The molecule has 0 atom stereocenters. The summed E-state index contributed by atoms with van der Waals surface area (Å²) in [7, 11) is 1.81. The highest BCUT2D eigenvalue weighted by Crippen LogP contribution is 2.23. The van der Waals surface area contributed by atoms with Gasteiger partial charge in [-0.3, -0.25) is 19.6 Å². The number of hydrogen-bond donors (Lipinski definition) is 0. The second-order valence-corrected chi connectivity index (χ2v) is 4.49. The Labute approximate surface area is 121 Å². The van der Waals surface area contributed by atoms with E-state index >= 15 is 0 Å². The van der Waals surface area contributed by atoms with E-state index in [2.05, 4.69) is 5.10 Å². The molecular weight excluding hydrogens is 274 g/mol. The van der Waals surface area contributed by atoms with Crippen molar-refractivity contribution in [1.82, 2.24) is 9.78 Å². The Bertz CT molecular complexity index is 679. The maximum absolute atomic E-state index is 11.0. The first-order chi connectivity index (χ1) is 10.0. The second-order valence-electron chi connectivity index (χ2n) is 4.49. The number of aryl methyl sites for hydroxylation is 2. The molecule has 0 aliphatic heterocycles. The molecular formula is C14H15N3O4. The fraction of sp³-hybridized carbons (Fsp3) is 0.286. The average molecular weight is 289 g/mol. The van der Waals surface area contributed by atoms with E-state index in [1.807, 2.05) is 20.0 Å². The van der Waals surface area contributed by atoms with E-state index in [9.17, 15) is 14.9 Å². The Morgan fingerprint density at radius 1 is 1.43 bits per heavy atom. The smallest absolute Gasteiger partial charge is 0.270 e. The molecule has 0 radical (unpaired) electrons. The number of hydrogen-bond acceptors (Lipinski definition) is 5. The number of aromatic nitrogens is 2. The molecule has 0 aliphatic carbocycles. The lowest BCUT2D eigenvalue weighted by Crippen LogP contribution is -2.04. The molecule has 0 bridgehead atoms. The normalized spacial score (nSPS) is 10.4. The molecule has 21 heavy (non-hydrogen) atoms. The first kappa shape index (κ1) is 14.7. The zero-order valence-electron chi connectivity index (χ0n) is 11.8. The molecule has 0 amide bonds. The van der Waals surface area contributed by atoms with Gasteiger partial charge in [-0.25, -0.2) is 0 Å². The third kappa shape index (κ3) is 3.25. The summed E-state index contributed by atoms with van der Waals surface area (Å²) >= 11 is 0. The van der Waals surface area contributed by atoms with Gasteiger partial charge in [-0.1, -0.05) is 6.92 Å². The van der Waals surface area contributed by atoms with Gasteiger partial charge in [0, 0.05) is 19.2 Å². The van der Waals surface area contributed by atoms with Crippen molar-refractivity contribution < 1.29 is 14.5 Å². The van der Waals surface area contributed by atoms with Crippen LogP contribution >= 0.6 is 0 Å². The monoisotopic (exact) mass is 289 g/mol. The summed E-state index contributed by atoms with van der Waals surface area (Å²) in [6, 6.07) is 5.86. The lowest BCUT2D eigenvalue weighted by molar-refractivity contribution is -0.384. The van der Waals surface area contributed by atoms with Crippen molar-refractivity contribution in [2.24, 2.45) is 7.05 Å². The molecule has 0 saturated carbocycles. The molecule has 0 fully saturated rings. The van der Waals surface area contributed by atoms with Crippen LogP contribution in [0.4, 0.5) is 5.69 Å². The van der Waals surface area contributed by atoms with Gasteiger partial charge in [-0.15, -0.1) is 0 Å². The van der Waals surface area contributed by atoms with E-state index in [1.165, 1.54) is 18.2 Å². The fourth-order valence-corrected chi connectivity index (χ4v) is 1.90. The third-order valence-electron chi connectivity index (χ3n) is 3.10. The van der Waals surface area contributed by atoms with Crippen molar-refractivity contribution in [3.05, 3.63) is 51.3 Å². The van der Waals surface area contributed by atoms with Crippen LogP contribution in [-0.4, -0.2) is 21.0 Å². The second kappa shape index (κ2) is 6.17. The minimum Gasteiger partial charge on any atom is -0.487 e. The molecule has 0 unspecified atom stereocenters. The number of ether oxygens (including phenoxy) is 1. The Balaban J connectivity index is 2.17. The van der Waals surface area contributed by atoms with E-state index in [4.69, 9.17) is 4.74 Å². The van der Waals surface area contributed by atoms with Gasteiger partial charge in [0.05, 0.1) is 21.9 Å². The molecule has 1 aromatic heterocycles. The molecule has 0 aliphatic rings. The lowest BCUT2D eigenvalue weighted by atomic mass is 10.2. The van der Waals surface area contributed by atoms with Crippen molar-refractivity contribution in [3.8, 4) is 5.75 Å². The lowest BCUT2D eigenvalue weighted by Gasteiger charge is -2.08. The van der Waals surface area contributed by atoms with Gasteiger partial charge in [-0.05, 0) is 18.6 Å². The number of aldehydes is 1. The van der Waals surface area contributed by atoms with Crippen molar-refractivity contribution >= 4 is 12.0 Å². The molecule has 7 nitrogen and oxygen atoms in total. The zero-order valence-corrected chi connectivity index (χ0v) is 11.8. The molecule has 2 aromatic rings. The van der Waals surface area contributed by atoms with Gasteiger partial charge in [0.1, 0.15) is 12.4 Å². The molecule has 2 rings (SSSR count). The molecule has 7 heteroatoms. The maximum atomic E-state index is 11.0. The zero-order chi connectivity index (χ0) is 15.4. The number of carbonyl (C=O) groups is 1. The van der Waals surface area contributed by atoms with E-state index in [0.717, 1.165) is 17.8 Å². The first-order valence-corrected chi connectivity index (χ1v) is 6.43. The van der Waals surface area contributed by atoms with E-state index in [-0.39, 0.29) is 17.9 Å². The van der Waals surface area contributed by atoms with Crippen LogP contribution in [0.25, 0.3) is 0 Å². The Morgan fingerprint density at radius 3 is 2.76 bits per heavy atom. The van der Waals surface area contributed by atoms with Crippen LogP contribution in [0.3, 0.4) is 0 Å². The summed E-state index contributed by atoms with van der Waals surface area (Å²) < 4.78 is 7.29. The molecule has 0 saturated heterocycles. The molecule has 1 aromatic carbocycles. The van der Waals surface area contributed by atoms with Gasteiger partial charge in [0.2, 0.25) is 0 Å². The summed E-state index contributed by atoms with van der Waals surface area (Å²) in [5.74, 6) is 0.315. The summed E-state index contributed by atoms with van der Waals surface area (Å²) in [6.45, 7) is 2.25. The van der Waals surface area contributed by atoms with Gasteiger partial charge < -0.3 is 4.74 Å². The van der Waals surface area contributed by atoms with E-state index in [0.29, 0.717) is 12.0 Å². The van der Waals surface area contributed by atoms with Crippen molar-refractivity contribution in [2.45, 2.75) is 20.0 Å². The quantitative estimate of drug-likeness (QED) is 0.462. The van der Waals surface area contributed by atoms with Crippen molar-refractivity contribution in [2.75, 3.05) is 0 Å². The summed E-state index contributed by atoms with van der Waals surface area (Å²) in [5, 5.41) is 15.0. The number of carbonyl (C=O) groups excluding carboxylic acids is 1. The topological polar surface area (TPSA) is 87.3 Å². The average Bonchev–Trinajstić information content (AvgIpc) is 2.85. The van der Waals surface area contributed by atoms with Crippen LogP contribution in [0.15, 0.2) is 24.3 Å². The van der Waals surface area contributed by atoms with Gasteiger partial charge in [0.25, 0.3) is 5.69 Å². The van der Waals surface area contributed by atoms with Gasteiger partial charge in [0.15, 0.2) is 6.29 Å². The minimum absolute atomic E-state index is 0.141. The predicted octanol–water partition coefficient (Wildman–Crippen LogP) is 2.28. The van der Waals surface area contributed by atoms with Crippen molar-refractivity contribution in [1.29, 1.82) is 0 Å².